The number of carbonyl (C=O) groups is 1. The minimum Gasteiger partial charge on any atom is -0.388 e. The molecule has 4 heteroatoms. The summed E-state index contributed by atoms with van der Waals surface area (Å²) in [6, 6.07) is 15.8. The molecule has 0 saturated heterocycles. The van der Waals surface area contributed by atoms with Crippen molar-refractivity contribution >= 4 is 28.2 Å². The van der Waals surface area contributed by atoms with Crippen molar-refractivity contribution in [2.75, 3.05) is 17.7 Å². The summed E-state index contributed by atoms with van der Waals surface area (Å²) in [4.78, 5) is 15.9. The highest BCUT2D eigenvalue weighted by Gasteiger charge is 2.05. The van der Waals surface area contributed by atoms with Crippen LogP contribution in [0.25, 0.3) is 22.0 Å². The van der Waals surface area contributed by atoms with Crippen LogP contribution < -0.4 is 10.6 Å². The lowest BCUT2D eigenvalue weighted by molar-refractivity contribution is -0.111. The van der Waals surface area contributed by atoms with Crippen LogP contribution in [0.2, 0.25) is 0 Å². The monoisotopic (exact) mass is 303 g/mol. The van der Waals surface area contributed by atoms with Gasteiger partial charge in [-0.25, -0.2) is 0 Å². The normalized spacial score (nSPS) is 10.3. The minimum absolute atomic E-state index is 0.221. The van der Waals surface area contributed by atoms with Gasteiger partial charge in [0.05, 0.1) is 5.52 Å². The number of hydrogen-bond acceptors (Lipinski definition) is 3. The molecular weight excluding hydrogens is 286 g/mol. The fraction of sp³-hybridized carbons (Fsp3) is 0.0526. The first-order valence-corrected chi connectivity index (χ1v) is 7.31. The van der Waals surface area contributed by atoms with Gasteiger partial charge in [-0.15, -0.1) is 0 Å². The highest BCUT2D eigenvalue weighted by molar-refractivity contribution is 5.99. The maximum absolute atomic E-state index is 11.4. The van der Waals surface area contributed by atoms with Crippen LogP contribution in [0.1, 0.15) is 0 Å². The first kappa shape index (κ1) is 14.8. The standard InChI is InChI=1S/C19H17N3O/c1-3-19(23)22-15-6-4-5-13(11-15)14-7-8-16-17(20-2)9-10-21-18(16)12-14/h3-12H,1H2,2H3,(H,20,21)(H,22,23). The smallest absolute Gasteiger partial charge is 0.247 e. The van der Waals surface area contributed by atoms with E-state index in [2.05, 4.69) is 34.3 Å². The number of aromatic nitrogens is 1. The number of anilines is 2. The van der Waals surface area contributed by atoms with Crippen LogP contribution in [-0.4, -0.2) is 17.9 Å². The van der Waals surface area contributed by atoms with Crippen molar-refractivity contribution in [1.82, 2.24) is 4.98 Å². The van der Waals surface area contributed by atoms with Crippen molar-refractivity contribution in [3.63, 3.8) is 0 Å². The Hall–Kier alpha value is -3.14. The van der Waals surface area contributed by atoms with Crippen LogP contribution in [0.3, 0.4) is 0 Å². The molecule has 1 heterocycles. The Balaban J connectivity index is 2.01. The molecule has 0 radical (unpaired) electrons. The molecule has 2 aromatic carbocycles. The Morgan fingerprint density at radius 3 is 2.74 bits per heavy atom. The maximum Gasteiger partial charge on any atom is 0.247 e. The van der Waals surface area contributed by atoms with Gasteiger partial charge in [-0.3, -0.25) is 9.78 Å². The van der Waals surface area contributed by atoms with Gasteiger partial charge < -0.3 is 10.6 Å². The second kappa shape index (κ2) is 6.32. The molecule has 0 aliphatic carbocycles. The van der Waals surface area contributed by atoms with E-state index in [9.17, 15) is 4.79 Å². The molecule has 1 aromatic heterocycles. The van der Waals surface area contributed by atoms with Crippen molar-refractivity contribution in [3.05, 3.63) is 67.4 Å². The van der Waals surface area contributed by atoms with Crippen LogP contribution in [0, 0.1) is 0 Å². The number of hydrogen-bond donors (Lipinski definition) is 2. The lowest BCUT2D eigenvalue weighted by atomic mass is 10.0. The highest BCUT2D eigenvalue weighted by atomic mass is 16.1. The number of benzene rings is 2. The molecule has 4 nitrogen and oxygen atoms in total. The second-order valence-corrected chi connectivity index (χ2v) is 5.11. The molecule has 0 unspecified atom stereocenters. The molecule has 0 saturated carbocycles. The Kier molecular flexibility index (Phi) is 4.06. The SMILES string of the molecule is C=CC(=O)Nc1cccc(-c2ccc3c(NC)ccnc3c2)c1. The quantitative estimate of drug-likeness (QED) is 0.714. The predicted octanol–water partition coefficient (Wildman–Crippen LogP) is 4.07. The van der Waals surface area contributed by atoms with Gasteiger partial charge in [0.1, 0.15) is 0 Å². The third-order valence-corrected chi connectivity index (χ3v) is 3.66. The van der Waals surface area contributed by atoms with Crippen molar-refractivity contribution in [2.45, 2.75) is 0 Å². The van der Waals surface area contributed by atoms with Gasteiger partial charge in [-0.2, -0.15) is 0 Å². The number of pyridine rings is 1. The van der Waals surface area contributed by atoms with Crippen molar-refractivity contribution in [2.24, 2.45) is 0 Å². The van der Waals surface area contributed by atoms with Gasteiger partial charge >= 0.3 is 0 Å². The summed E-state index contributed by atoms with van der Waals surface area (Å²) in [5.74, 6) is -0.221. The van der Waals surface area contributed by atoms with Gasteiger partial charge in [0.2, 0.25) is 5.91 Å². The Morgan fingerprint density at radius 2 is 1.96 bits per heavy atom. The summed E-state index contributed by atoms with van der Waals surface area (Å²) >= 11 is 0. The molecule has 0 bridgehead atoms. The molecule has 0 spiro atoms. The second-order valence-electron chi connectivity index (χ2n) is 5.11. The van der Waals surface area contributed by atoms with E-state index in [1.54, 1.807) is 6.20 Å². The average molecular weight is 303 g/mol. The number of carbonyl (C=O) groups excluding carboxylic acids is 1. The van der Waals surface area contributed by atoms with E-state index in [0.29, 0.717) is 0 Å². The van der Waals surface area contributed by atoms with E-state index in [1.807, 2.05) is 43.4 Å². The Morgan fingerprint density at radius 1 is 1.13 bits per heavy atom. The minimum atomic E-state index is -0.221. The van der Waals surface area contributed by atoms with Gasteiger partial charge in [-0.1, -0.05) is 30.8 Å². The average Bonchev–Trinajstić information content (AvgIpc) is 2.60. The maximum atomic E-state index is 11.4. The molecule has 0 fully saturated rings. The molecule has 23 heavy (non-hydrogen) atoms. The number of amides is 1. The number of fused-ring (bicyclic) bond motifs is 1. The van der Waals surface area contributed by atoms with E-state index < -0.39 is 0 Å². The molecule has 3 rings (SSSR count). The number of nitrogens with one attached hydrogen (secondary N) is 2. The molecule has 1 amide bonds. The zero-order valence-electron chi connectivity index (χ0n) is 12.8. The number of rotatable bonds is 4. The molecule has 2 N–H and O–H groups in total. The van der Waals surface area contributed by atoms with Gasteiger partial charge in [0.15, 0.2) is 0 Å². The molecule has 0 atom stereocenters. The highest BCUT2D eigenvalue weighted by Crippen LogP contribution is 2.28. The fourth-order valence-corrected chi connectivity index (χ4v) is 2.52. The first-order chi connectivity index (χ1) is 11.2. The van der Waals surface area contributed by atoms with Gasteiger partial charge in [0.25, 0.3) is 0 Å². The molecule has 0 aliphatic rings. The van der Waals surface area contributed by atoms with Crippen LogP contribution >= 0.6 is 0 Å². The third kappa shape index (κ3) is 3.06. The van der Waals surface area contributed by atoms with Crippen LogP contribution in [0.15, 0.2) is 67.4 Å². The van der Waals surface area contributed by atoms with E-state index >= 15 is 0 Å². The van der Waals surface area contributed by atoms with Crippen LogP contribution in [-0.2, 0) is 4.79 Å². The van der Waals surface area contributed by atoms with Crippen LogP contribution in [0.5, 0.6) is 0 Å². The van der Waals surface area contributed by atoms with Gasteiger partial charge in [0, 0.05) is 30.0 Å². The summed E-state index contributed by atoms with van der Waals surface area (Å²) in [6.07, 6.45) is 3.05. The predicted molar refractivity (Wildman–Crippen MR) is 95.6 cm³/mol. The molecule has 0 aliphatic heterocycles. The van der Waals surface area contributed by atoms with E-state index in [1.165, 1.54) is 6.08 Å². The van der Waals surface area contributed by atoms with E-state index in [4.69, 9.17) is 0 Å². The summed E-state index contributed by atoms with van der Waals surface area (Å²) in [5, 5.41) is 7.02. The largest absolute Gasteiger partial charge is 0.388 e. The van der Waals surface area contributed by atoms with Gasteiger partial charge in [-0.05, 0) is 41.5 Å². The summed E-state index contributed by atoms with van der Waals surface area (Å²) in [6.45, 7) is 3.46. The molecule has 114 valence electrons. The molecular formula is C19H17N3O. The van der Waals surface area contributed by atoms with Crippen molar-refractivity contribution in [3.8, 4) is 11.1 Å². The summed E-state index contributed by atoms with van der Waals surface area (Å²) in [5.41, 5.74) is 4.78. The topological polar surface area (TPSA) is 54.0 Å². The van der Waals surface area contributed by atoms with E-state index in [0.717, 1.165) is 33.4 Å². The Bertz CT molecular complexity index is 887. The van der Waals surface area contributed by atoms with Crippen LogP contribution in [0.4, 0.5) is 11.4 Å². The zero-order valence-corrected chi connectivity index (χ0v) is 12.8. The summed E-state index contributed by atoms with van der Waals surface area (Å²) in [7, 11) is 1.90. The summed E-state index contributed by atoms with van der Waals surface area (Å²) < 4.78 is 0. The first-order valence-electron chi connectivity index (χ1n) is 7.31. The lowest BCUT2D eigenvalue weighted by Crippen LogP contribution is -2.06. The fourth-order valence-electron chi connectivity index (χ4n) is 2.52. The molecule has 3 aromatic rings. The number of nitrogens with zero attached hydrogens (tertiary/aromatic N) is 1. The third-order valence-electron chi connectivity index (χ3n) is 3.66. The lowest BCUT2D eigenvalue weighted by Gasteiger charge is -2.09. The van der Waals surface area contributed by atoms with Crippen molar-refractivity contribution in [1.29, 1.82) is 0 Å². The Labute approximate surface area is 134 Å². The van der Waals surface area contributed by atoms with E-state index in [-0.39, 0.29) is 5.91 Å². The van der Waals surface area contributed by atoms with Crippen molar-refractivity contribution < 1.29 is 4.79 Å². The zero-order chi connectivity index (χ0) is 16.2.